The Kier molecular flexibility index (Phi) is 10.0. The normalized spacial score (nSPS) is 20.8. The first kappa shape index (κ1) is 33.1. The molecule has 1 aromatic carbocycles. The van der Waals surface area contributed by atoms with Gasteiger partial charge in [0.2, 0.25) is 17.7 Å². The molecule has 0 unspecified atom stereocenters. The molecule has 246 valence electrons. The predicted molar refractivity (Wildman–Crippen MR) is 175 cm³/mol. The van der Waals surface area contributed by atoms with Gasteiger partial charge in [0.1, 0.15) is 17.7 Å². The Balaban J connectivity index is 1.36. The third kappa shape index (κ3) is 7.42. The fraction of sp³-hybridized carbons (Fsp3) is 0.647. The molecule has 10 nitrogen and oxygen atoms in total. The number of carbonyl (C=O) groups excluding carboxylic acids is 4. The summed E-state index contributed by atoms with van der Waals surface area (Å²) in [6.07, 6.45) is 9.47. The van der Waals surface area contributed by atoms with Gasteiger partial charge in [-0.25, -0.2) is 4.79 Å². The smallest absolute Gasteiger partial charge is 0.410 e. The van der Waals surface area contributed by atoms with Crippen molar-refractivity contribution in [1.29, 1.82) is 0 Å². The van der Waals surface area contributed by atoms with Crippen LogP contribution in [-0.4, -0.2) is 82.0 Å². The molecular weight excluding hydrogens is 594 g/mol. The number of hydrogen-bond acceptors (Lipinski definition) is 5. The standard InChI is InChI=1S/C34H48ClN5O5/c1-22(37(5)33(44)45-34(2,3)4)31(42)36-30(23-11-7-6-8-12-23)32(43)39-17-9-13-25(39)20-38-21-28(40-18-10-14-29(40)41)26-19-24(35)15-16-27(26)38/h15-16,19,21-23,25,30H,6-14,17-18,20H2,1-5H3,(H,36,42)/t22-,25-,30-/m0/s1. The number of fused-ring (bicyclic) bond motifs is 1. The minimum Gasteiger partial charge on any atom is -0.444 e. The van der Waals surface area contributed by atoms with Crippen molar-refractivity contribution in [2.24, 2.45) is 5.92 Å². The zero-order valence-electron chi connectivity index (χ0n) is 27.3. The highest BCUT2D eigenvalue weighted by atomic mass is 35.5. The maximum Gasteiger partial charge on any atom is 0.410 e. The summed E-state index contributed by atoms with van der Waals surface area (Å²) < 4.78 is 7.62. The van der Waals surface area contributed by atoms with Crippen LogP contribution in [0, 0.1) is 5.92 Å². The zero-order chi connectivity index (χ0) is 32.5. The quantitative estimate of drug-likeness (QED) is 0.396. The number of ether oxygens (including phenoxy) is 1. The molecule has 0 radical (unpaired) electrons. The Morgan fingerprint density at radius 2 is 1.80 bits per heavy atom. The van der Waals surface area contributed by atoms with Gasteiger partial charge in [0.15, 0.2) is 0 Å². The highest BCUT2D eigenvalue weighted by Crippen LogP contribution is 2.35. The van der Waals surface area contributed by atoms with Crippen LogP contribution >= 0.6 is 11.6 Å². The van der Waals surface area contributed by atoms with Crippen molar-refractivity contribution in [3.05, 3.63) is 29.4 Å². The molecular formula is C34H48ClN5O5. The summed E-state index contributed by atoms with van der Waals surface area (Å²) in [5, 5.41) is 4.63. The largest absolute Gasteiger partial charge is 0.444 e. The molecule has 3 aliphatic rings. The van der Waals surface area contributed by atoms with Crippen LogP contribution in [0.15, 0.2) is 24.4 Å². The third-order valence-electron chi connectivity index (χ3n) is 9.58. The van der Waals surface area contributed by atoms with Crippen LogP contribution in [0.1, 0.15) is 85.5 Å². The molecule has 11 heteroatoms. The lowest BCUT2D eigenvalue weighted by Crippen LogP contribution is -2.57. The average Bonchev–Trinajstić information content (AvgIpc) is 3.73. The van der Waals surface area contributed by atoms with Crippen LogP contribution < -0.4 is 10.2 Å². The van der Waals surface area contributed by atoms with Gasteiger partial charge in [-0.1, -0.05) is 30.9 Å². The van der Waals surface area contributed by atoms with Crippen molar-refractivity contribution in [3.63, 3.8) is 0 Å². The third-order valence-corrected chi connectivity index (χ3v) is 9.82. The number of carbonyl (C=O) groups is 4. The van der Waals surface area contributed by atoms with Gasteiger partial charge in [-0.2, -0.15) is 0 Å². The van der Waals surface area contributed by atoms with E-state index in [9.17, 15) is 19.2 Å². The Bertz CT molecular complexity index is 1430. The molecule has 3 heterocycles. The number of amides is 4. The molecule has 1 aliphatic carbocycles. The summed E-state index contributed by atoms with van der Waals surface area (Å²) in [6.45, 7) is 8.90. The van der Waals surface area contributed by atoms with E-state index in [1.165, 1.54) is 4.90 Å². The SMILES string of the molecule is C[C@@H](C(=O)N[C@H](C(=O)N1CCC[C@H]1Cn1cc(N2CCCC2=O)c2cc(Cl)ccc21)C1CCCCC1)N(C)C(=O)OC(C)(C)C. The molecule has 3 fully saturated rings. The van der Waals surface area contributed by atoms with E-state index in [1.54, 1.807) is 34.7 Å². The lowest BCUT2D eigenvalue weighted by molar-refractivity contribution is -0.140. The molecule has 45 heavy (non-hydrogen) atoms. The number of hydrogen-bond donors (Lipinski definition) is 1. The highest BCUT2D eigenvalue weighted by Gasteiger charge is 2.40. The first-order valence-corrected chi connectivity index (χ1v) is 16.9. The fourth-order valence-electron chi connectivity index (χ4n) is 7.03. The molecule has 2 aliphatic heterocycles. The van der Waals surface area contributed by atoms with E-state index in [2.05, 4.69) is 9.88 Å². The summed E-state index contributed by atoms with van der Waals surface area (Å²) in [4.78, 5) is 58.4. The van der Waals surface area contributed by atoms with Gasteiger partial charge in [0.25, 0.3) is 0 Å². The van der Waals surface area contributed by atoms with E-state index in [0.717, 1.165) is 68.0 Å². The number of anilines is 1. The average molecular weight is 642 g/mol. The number of benzene rings is 1. The molecule has 3 atom stereocenters. The molecule has 0 spiro atoms. The number of halogens is 1. The van der Waals surface area contributed by atoms with Gasteiger partial charge in [-0.15, -0.1) is 0 Å². The molecule has 0 bridgehead atoms. The summed E-state index contributed by atoms with van der Waals surface area (Å²) in [6, 6.07) is 4.23. The van der Waals surface area contributed by atoms with E-state index in [-0.39, 0.29) is 29.7 Å². The molecule has 1 N–H and O–H groups in total. The highest BCUT2D eigenvalue weighted by molar-refractivity contribution is 6.31. The van der Waals surface area contributed by atoms with Crippen LogP contribution in [0.4, 0.5) is 10.5 Å². The summed E-state index contributed by atoms with van der Waals surface area (Å²) >= 11 is 6.39. The second kappa shape index (κ2) is 13.6. The molecule has 1 saturated carbocycles. The van der Waals surface area contributed by atoms with Crippen LogP contribution in [0.25, 0.3) is 10.9 Å². The van der Waals surface area contributed by atoms with E-state index in [1.807, 2.05) is 34.2 Å². The van der Waals surface area contributed by atoms with Gasteiger partial charge in [0, 0.05) is 55.8 Å². The van der Waals surface area contributed by atoms with E-state index in [0.29, 0.717) is 31.1 Å². The molecule has 5 rings (SSSR count). The van der Waals surface area contributed by atoms with Crippen LogP contribution in [0.5, 0.6) is 0 Å². The second-order valence-electron chi connectivity index (χ2n) is 14.0. The summed E-state index contributed by atoms with van der Waals surface area (Å²) in [5.74, 6) is -0.266. The predicted octanol–water partition coefficient (Wildman–Crippen LogP) is 5.73. The Hall–Kier alpha value is -3.27. The first-order valence-electron chi connectivity index (χ1n) is 16.5. The van der Waals surface area contributed by atoms with Crippen molar-refractivity contribution in [3.8, 4) is 0 Å². The van der Waals surface area contributed by atoms with Crippen LogP contribution in [0.2, 0.25) is 5.02 Å². The number of nitrogens with one attached hydrogen (secondary N) is 1. The van der Waals surface area contributed by atoms with Crippen molar-refractivity contribution >= 4 is 52.0 Å². The van der Waals surface area contributed by atoms with E-state index in [4.69, 9.17) is 16.3 Å². The number of likely N-dealkylation sites (tertiary alicyclic amines) is 1. The van der Waals surface area contributed by atoms with Crippen molar-refractivity contribution in [2.75, 3.05) is 25.0 Å². The maximum atomic E-state index is 14.4. The first-order chi connectivity index (χ1) is 21.3. The van der Waals surface area contributed by atoms with Crippen molar-refractivity contribution in [1.82, 2.24) is 19.7 Å². The van der Waals surface area contributed by atoms with Gasteiger partial charge >= 0.3 is 6.09 Å². The van der Waals surface area contributed by atoms with Crippen LogP contribution in [0.3, 0.4) is 0 Å². The Labute approximate surface area is 271 Å². The van der Waals surface area contributed by atoms with Gasteiger partial charge in [0.05, 0.1) is 11.2 Å². The second-order valence-corrected chi connectivity index (χ2v) is 14.4. The number of rotatable bonds is 8. The van der Waals surface area contributed by atoms with Gasteiger partial charge in [-0.3, -0.25) is 19.3 Å². The number of aromatic nitrogens is 1. The van der Waals surface area contributed by atoms with Crippen molar-refractivity contribution < 1.29 is 23.9 Å². The maximum absolute atomic E-state index is 14.4. The Morgan fingerprint density at radius 3 is 2.47 bits per heavy atom. The summed E-state index contributed by atoms with van der Waals surface area (Å²) in [7, 11) is 1.55. The summed E-state index contributed by atoms with van der Waals surface area (Å²) in [5.41, 5.74) is 1.15. The topological polar surface area (TPSA) is 104 Å². The minimum absolute atomic E-state index is 0.0396. The fourth-order valence-corrected chi connectivity index (χ4v) is 7.20. The van der Waals surface area contributed by atoms with E-state index < -0.39 is 23.8 Å². The molecule has 2 saturated heterocycles. The van der Waals surface area contributed by atoms with E-state index >= 15 is 0 Å². The number of nitrogens with zero attached hydrogens (tertiary/aromatic N) is 4. The lowest BCUT2D eigenvalue weighted by Gasteiger charge is -2.36. The zero-order valence-corrected chi connectivity index (χ0v) is 28.1. The Morgan fingerprint density at radius 1 is 1.07 bits per heavy atom. The minimum atomic E-state index is -0.808. The molecule has 2 aromatic rings. The van der Waals surface area contributed by atoms with Crippen molar-refractivity contribution in [2.45, 2.75) is 116 Å². The van der Waals surface area contributed by atoms with Crippen LogP contribution in [-0.2, 0) is 25.7 Å². The monoisotopic (exact) mass is 641 g/mol. The molecule has 4 amide bonds. The molecule has 1 aromatic heterocycles. The lowest BCUT2D eigenvalue weighted by atomic mass is 9.83. The number of likely N-dealkylation sites (N-methyl/N-ethyl adjacent to an activating group) is 1. The van der Waals surface area contributed by atoms with Gasteiger partial charge in [-0.05, 0) is 83.9 Å². The van der Waals surface area contributed by atoms with Gasteiger partial charge < -0.3 is 24.4 Å².